The maximum absolute atomic E-state index is 14.5. The van der Waals surface area contributed by atoms with Crippen LogP contribution in [0.25, 0.3) is 10.2 Å². The molecule has 2 saturated carbocycles. The number of aromatic nitrogens is 1. The largest absolute Gasteiger partial charge is 0.497 e. The summed E-state index contributed by atoms with van der Waals surface area (Å²) in [5.41, 5.74) is -0.206. The number of thiazole rings is 1. The van der Waals surface area contributed by atoms with Crippen molar-refractivity contribution in [1.82, 2.24) is 19.9 Å². The van der Waals surface area contributed by atoms with Crippen LogP contribution in [0.4, 0.5) is 10.1 Å². The van der Waals surface area contributed by atoms with Crippen molar-refractivity contribution in [3.05, 3.63) is 60.4 Å². The molecule has 15 heteroatoms. The van der Waals surface area contributed by atoms with Gasteiger partial charge in [-0.15, -0.1) is 0 Å². The van der Waals surface area contributed by atoms with Crippen LogP contribution in [-0.2, 0) is 24.4 Å². The Morgan fingerprint density at radius 2 is 1.96 bits per heavy atom. The van der Waals surface area contributed by atoms with Crippen LogP contribution in [0.1, 0.15) is 57.8 Å². The van der Waals surface area contributed by atoms with Crippen LogP contribution in [-0.4, -0.2) is 78.7 Å². The number of methoxy groups -OCH3 is 1. The highest BCUT2D eigenvalue weighted by atomic mass is 32.2. The molecular weight excluding hydrogens is 686 g/mol. The number of amides is 3. The van der Waals surface area contributed by atoms with Gasteiger partial charge in [-0.25, -0.2) is 17.8 Å². The van der Waals surface area contributed by atoms with E-state index in [4.69, 9.17) is 9.47 Å². The smallest absolute Gasteiger partial charge is 0.274 e. The third-order valence-corrected chi connectivity index (χ3v) is 12.6. The molecule has 0 unspecified atom stereocenters. The summed E-state index contributed by atoms with van der Waals surface area (Å²) in [6.07, 6.45) is 8.27. The quantitative estimate of drug-likeness (QED) is 0.289. The van der Waals surface area contributed by atoms with Gasteiger partial charge in [-0.1, -0.05) is 42.4 Å². The van der Waals surface area contributed by atoms with E-state index in [-0.39, 0.29) is 30.5 Å². The molecule has 266 valence electrons. The van der Waals surface area contributed by atoms with Gasteiger partial charge in [0.15, 0.2) is 0 Å². The summed E-state index contributed by atoms with van der Waals surface area (Å²) in [6, 6.07) is 9.83. The van der Waals surface area contributed by atoms with Gasteiger partial charge in [0.25, 0.3) is 11.1 Å². The van der Waals surface area contributed by atoms with Crippen molar-refractivity contribution in [3.63, 3.8) is 0 Å². The van der Waals surface area contributed by atoms with E-state index in [1.165, 1.54) is 28.4 Å². The van der Waals surface area contributed by atoms with Crippen LogP contribution >= 0.6 is 11.3 Å². The van der Waals surface area contributed by atoms with Crippen LogP contribution in [0, 0.1) is 11.7 Å². The summed E-state index contributed by atoms with van der Waals surface area (Å²) in [4.78, 5) is 48.3. The van der Waals surface area contributed by atoms with Crippen LogP contribution in [0.15, 0.2) is 54.6 Å². The normalized spacial score (nSPS) is 27.4. The minimum atomic E-state index is -3.86. The van der Waals surface area contributed by atoms with Gasteiger partial charge in [0, 0.05) is 24.1 Å². The Bertz CT molecular complexity index is 1930. The Kier molecular flexibility index (Phi) is 9.46. The van der Waals surface area contributed by atoms with Crippen molar-refractivity contribution in [3.8, 4) is 10.9 Å². The number of carbonyl (C=O) groups is 3. The van der Waals surface area contributed by atoms with Crippen LogP contribution in [0.5, 0.6) is 10.9 Å². The number of fused-ring (bicyclic) bond motifs is 3. The second-order valence-corrected chi connectivity index (χ2v) is 16.5. The molecule has 3 amide bonds. The summed E-state index contributed by atoms with van der Waals surface area (Å²) < 4.78 is 53.9. The number of anilines is 1. The maximum atomic E-state index is 14.5. The van der Waals surface area contributed by atoms with E-state index in [0.29, 0.717) is 40.9 Å². The first-order chi connectivity index (χ1) is 24.0. The monoisotopic (exact) mass is 725 g/mol. The maximum Gasteiger partial charge on any atom is 0.274 e. The van der Waals surface area contributed by atoms with Gasteiger partial charge in [-0.3, -0.25) is 19.1 Å². The predicted octanol–water partition coefficient (Wildman–Crippen LogP) is 4.28. The number of carbonyl (C=O) groups excluding carboxylic acids is 3. The molecule has 12 nitrogen and oxygen atoms in total. The zero-order valence-corrected chi connectivity index (χ0v) is 29.2. The number of benzene rings is 2. The van der Waals surface area contributed by atoms with Crippen molar-refractivity contribution >= 4 is 55.0 Å². The molecule has 0 radical (unpaired) electrons. The molecule has 3 fully saturated rings. The average molecular weight is 726 g/mol. The first kappa shape index (κ1) is 34.2. The molecule has 4 aliphatic rings. The molecule has 2 aliphatic heterocycles. The average Bonchev–Trinajstić information content (AvgIpc) is 3.98. The van der Waals surface area contributed by atoms with Gasteiger partial charge >= 0.3 is 0 Å². The van der Waals surface area contributed by atoms with E-state index in [2.05, 4.69) is 20.3 Å². The minimum Gasteiger partial charge on any atom is -0.497 e. The summed E-state index contributed by atoms with van der Waals surface area (Å²) in [7, 11) is -2.30. The molecule has 5 atom stereocenters. The van der Waals surface area contributed by atoms with Crippen molar-refractivity contribution in [2.75, 3.05) is 19.0 Å². The topological polar surface area (TPSA) is 156 Å². The number of hydrogen-bond donors (Lipinski definition) is 3. The van der Waals surface area contributed by atoms with Crippen molar-refractivity contribution in [1.29, 1.82) is 0 Å². The highest BCUT2D eigenvalue weighted by Crippen LogP contribution is 2.46. The second kappa shape index (κ2) is 13.8. The third kappa shape index (κ3) is 7.29. The van der Waals surface area contributed by atoms with Crippen molar-refractivity contribution in [2.45, 2.75) is 86.8 Å². The van der Waals surface area contributed by atoms with Crippen molar-refractivity contribution in [2.24, 2.45) is 5.92 Å². The molecular formula is C35H40FN5O7S2. The molecule has 0 bridgehead atoms. The Balaban J connectivity index is 1.18. The Morgan fingerprint density at radius 1 is 1.12 bits per heavy atom. The van der Waals surface area contributed by atoms with Gasteiger partial charge < -0.3 is 25.0 Å². The summed E-state index contributed by atoms with van der Waals surface area (Å²) in [5.74, 6) is -1.80. The Morgan fingerprint density at radius 3 is 2.76 bits per heavy atom. The van der Waals surface area contributed by atoms with Crippen molar-refractivity contribution < 1.29 is 36.7 Å². The number of halogens is 1. The molecule has 1 saturated heterocycles. The highest BCUT2D eigenvalue weighted by molar-refractivity contribution is 7.91. The lowest BCUT2D eigenvalue weighted by molar-refractivity contribution is -0.140. The van der Waals surface area contributed by atoms with E-state index >= 15 is 0 Å². The number of rotatable bonds is 8. The van der Waals surface area contributed by atoms with Gasteiger partial charge in [0.05, 0.1) is 29.1 Å². The molecule has 3 aromatic rings. The highest BCUT2D eigenvalue weighted by Gasteiger charge is 2.62. The predicted molar refractivity (Wildman–Crippen MR) is 186 cm³/mol. The van der Waals surface area contributed by atoms with Gasteiger partial charge in [-0.2, -0.15) is 0 Å². The fourth-order valence-electron chi connectivity index (χ4n) is 6.83. The first-order valence-corrected chi connectivity index (χ1v) is 19.4. The number of ether oxygens (including phenoxy) is 2. The lowest BCUT2D eigenvalue weighted by Crippen LogP contribution is -2.57. The zero-order chi connectivity index (χ0) is 35.0. The van der Waals surface area contributed by atoms with E-state index in [9.17, 15) is 27.2 Å². The molecule has 2 aromatic carbocycles. The van der Waals surface area contributed by atoms with Crippen LogP contribution < -0.4 is 24.8 Å². The van der Waals surface area contributed by atoms with Gasteiger partial charge in [0.2, 0.25) is 21.8 Å². The molecule has 7 rings (SSSR count). The Hall–Kier alpha value is -4.24. The summed E-state index contributed by atoms with van der Waals surface area (Å²) >= 11 is 1.17. The number of nitrogens with zero attached hydrogens (tertiary/aromatic N) is 2. The van der Waals surface area contributed by atoms with E-state index < -0.39 is 62.5 Å². The lowest BCUT2D eigenvalue weighted by Gasteiger charge is -2.30. The zero-order valence-electron chi connectivity index (χ0n) is 27.6. The molecule has 3 N–H and O–H groups in total. The number of sulfonamides is 1. The molecule has 1 aromatic heterocycles. The van der Waals surface area contributed by atoms with Gasteiger partial charge in [0.1, 0.15) is 35.3 Å². The van der Waals surface area contributed by atoms with Crippen LogP contribution in [0.2, 0.25) is 0 Å². The summed E-state index contributed by atoms with van der Waals surface area (Å²) in [6.45, 7) is 0.0656. The fourth-order valence-corrected chi connectivity index (χ4v) is 9.10. The molecule has 50 heavy (non-hydrogen) atoms. The first-order valence-electron chi connectivity index (χ1n) is 17.0. The van der Waals surface area contributed by atoms with Crippen LogP contribution in [0.3, 0.4) is 0 Å². The fraction of sp³-hybridized carbons (Fsp3) is 0.486. The number of nitrogens with one attached hydrogen (secondary N) is 3. The molecule has 3 heterocycles. The minimum absolute atomic E-state index is 0.0656. The summed E-state index contributed by atoms with van der Waals surface area (Å²) in [5, 5.41) is 5.93. The molecule has 2 aliphatic carbocycles. The Labute approximate surface area is 293 Å². The van der Waals surface area contributed by atoms with Gasteiger partial charge in [-0.05, 0) is 68.9 Å². The lowest BCUT2D eigenvalue weighted by atomic mass is 10.0. The standard InChI is InChI=1S/C35H40FN5O7S2/c1-47-24-10-7-9-23(17-24)37-28-11-6-4-2-3-5-8-21-19-35(21,33(44)40-50(45,46)26-13-14-26)39-31(42)29-18-25(20-41(29)32(28)43)48-34-38-27-15-12-22(36)16-30(27)49-34/h5,7-10,12,15-17,21,25-26,28-29,37H,2-4,6,11,13-14,18-20H2,1H3,(H,39,42)(H,40,44)/t21-,25-,28+,29+,35-/m1/s1. The van der Waals surface area contributed by atoms with E-state index in [1.807, 2.05) is 30.4 Å². The SMILES string of the molecule is COc1cccc(N[C@H]2CCCCCC=C[C@@H]3C[C@@]3(C(=O)NS(=O)(=O)C3CC3)NC(=O)[C@@H]3C[C@@H](Oc4nc5ccc(F)cc5s4)CN3C2=O)c1. The van der Waals surface area contributed by atoms with E-state index in [1.54, 1.807) is 19.2 Å². The number of hydrogen-bond acceptors (Lipinski definition) is 10. The second-order valence-electron chi connectivity index (χ2n) is 13.5. The number of allylic oxidation sites excluding steroid dienone is 1. The van der Waals surface area contributed by atoms with E-state index in [0.717, 1.165) is 25.7 Å². The molecule has 0 spiro atoms. The third-order valence-electron chi connectivity index (χ3n) is 9.85.